The van der Waals surface area contributed by atoms with Gasteiger partial charge in [0.05, 0.1) is 5.41 Å². The number of likely N-dealkylation sites (tertiary alicyclic amines) is 1. The predicted octanol–water partition coefficient (Wildman–Crippen LogP) is 2.81. The van der Waals surface area contributed by atoms with Crippen molar-refractivity contribution < 1.29 is 9.59 Å². The molecule has 1 unspecified atom stereocenters. The zero-order valence-electron chi connectivity index (χ0n) is 12.4. The number of aryl methyl sites for hydroxylation is 2. The number of imide groups is 1. The van der Waals surface area contributed by atoms with E-state index in [9.17, 15) is 9.59 Å². The first-order valence-corrected chi connectivity index (χ1v) is 8.75. The molecule has 2 fully saturated rings. The molecule has 21 heavy (non-hydrogen) atoms. The molecular weight excluding hydrogens is 282 g/mol. The Kier molecular flexibility index (Phi) is 4.07. The molecule has 2 heterocycles. The summed E-state index contributed by atoms with van der Waals surface area (Å²) in [5, 5.41) is 0. The van der Waals surface area contributed by atoms with Crippen LogP contribution in [0.15, 0.2) is 24.3 Å². The summed E-state index contributed by atoms with van der Waals surface area (Å²) in [5.41, 5.74) is 2.23. The molecule has 0 aliphatic carbocycles. The van der Waals surface area contributed by atoms with Gasteiger partial charge in [0.1, 0.15) is 0 Å². The molecule has 0 saturated carbocycles. The lowest BCUT2D eigenvalue weighted by Gasteiger charge is -2.20. The first-order chi connectivity index (χ1) is 10.1. The van der Waals surface area contributed by atoms with Crippen LogP contribution in [0.25, 0.3) is 0 Å². The first kappa shape index (κ1) is 14.6. The lowest BCUT2D eigenvalue weighted by Crippen LogP contribution is -2.36. The van der Waals surface area contributed by atoms with E-state index < -0.39 is 0 Å². The highest BCUT2D eigenvalue weighted by atomic mass is 32.2. The van der Waals surface area contributed by atoms with Crippen LogP contribution in [0.3, 0.4) is 0 Å². The lowest BCUT2D eigenvalue weighted by molar-refractivity contribution is -0.141. The molecule has 3 nitrogen and oxygen atoms in total. The molecular formula is C17H21NO2S. The zero-order chi connectivity index (χ0) is 14.9. The van der Waals surface area contributed by atoms with Crippen LogP contribution in [0, 0.1) is 12.3 Å². The van der Waals surface area contributed by atoms with Gasteiger partial charge in [0.15, 0.2) is 0 Å². The van der Waals surface area contributed by atoms with E-state index in [0.29, 0.717) is 13.0 Å². The van der Waals surface area contributed by atoms with E-state index in [1.54, 1.807) is 11.8 Å². The fourth-order valence-corrected chi connectivity index (χ4v) is 4.76. The maximum atomic E-state index is 12.5. The Balaban J connectivity index is 1.59. The molecule has 0 bridgehead atoms. The van der Waals surface area contributed by atoms with Crippen molar-refractivity contribution in [3.63, 3.8) is 0 Å². The highest BCUT2D eigenvalue weighted by Crippen LogP contribution is 2.44. The van der Waals surface area contributed by atoms with Gasteiger partial charge in [-0.1, -0.05) is 24.3 Å². The number of carbonyl (C=O) groups is 2. The van der Waals surface area contributed by atoms with Crippen molar-refractivity contribution in [1.82, 2.24) is 4.90 Å². The predicted molar refractivity (Wildman–Crippen MR) is 85.2 cm³/mol. The topological polar surface area (TPSA) is 37.4 Å². The number of benzene rings is 1. The van der Waals surface area contributed by atoms with E-state index in [4.69, 9.17) is 0 Å². The first-order valence-electron chi connectivity index (χ1n) is 7.59. The van der Waals surface area contributed by atoms with E-state index in [1.165, 1.54) is 16.0 Å². The quantitative estimate of drug-likeness (QED) is 0.803. The zero-order valence-corrected chi connectivity index (χ0v) is 13.2. The molecule has 1 spiro atoms. The van der Waals surface area contributed by atoms with Gasteiger partial charge in [-0.25, -0.2) is 0 Å². The van der Waals surface area contributed by atoms with E-state index in [1.807, 2.05) is 12.1 Å². The Morgan fingerprint density at radius 2 is 2.10 bits per heavy atom. The maximum absolute atomic E-state index is 12.5. The smallest absolute Gasteiger partial charge is 0.236 e. The van der Waals surface area contributed by atoms with Gasteiger partial charge in [-0.05, 0) is 43.1 Å². The number of hydrogen-bond donors (Lipinski definition) is 0. The minimum absolute atomic E-state index is 0.0345. The Hall–Kier alpha value is -1.29. The Bertz CT molecular complexity index is 564. The number of hydrogen-bond acceptors (Lipinski definition) is 3. The van der Waals surface area contributed by atoms with Crippen molar-refractivity contribution >= 4 is 23.6 Å². The molecule has 1 atom stereocenters. The van der Waals surface area contributed by atoms with Crippen molar-refractivity contribution in [3.8, 4) is 0 Å². The van der Waals surface area contributed by atoms with Crippen molar-refractivity contribution in [2.45, 2.75) is 32.6 Å². The van der Waals surface area contributed by atoms with Gasteiger partial charge in [-0.3, -0.25) is 14.5 Å². The third-order valence-corrected chi connectivity index (χ3v) is 5.93. The summed E-state index contributed by atoms with van der Waals surface area (Å²) >= 11 is 1.80. The molecule has 3 rings (SSSR count). The minimum atomic E-state index is -0.357. The highest BCUT2D eigenvalue weighted by molar-refractivity contribution is 7.99. The summed E-state index contributed by atoms with van der Waals surface area (Å²) in [7, 11) is 0. The van der Waals surface area contributed by atoms with Gasteiger partial charge in [-0.15, -0.1) is 0 Å². The van der Waals surface area contributed by atoms with Crippen LogP contribution in [0.2, 0.25) is 0 Å². The van der Waals surface area contributed by atoms with Crippen molar-refractivity contribution in [2.75, 3.05) is 18.1 Å². The number of nitrogens with zero attached hydrogens (tertiary/aromatic N) is 1. The molecule has 0 radical (unpaired) electrons. The van der Waals surface area contributed by atoms with E-state index >= 15 is 0 Å². The molecule has 2 saturated heterocycles. The van der Waals surface area contributed by atoms with Gasteiger partial charge in [0, 0.05) is 18.7 Å². The summed E-state index contributed by atoms with van der Waals surface area (Å²) in [6.07, 6.45) is 3.08. The Morgan fingerprint density at radius 1 is 1.29 bits per heavy atom. The molecule has 2 aliphatic rings. The van der Waals surface area contributed by atoms with Crippen LogP contribution >= 0.6 is 11.8 Å². The number of carbonyl (C=O) groups excluding carboxylic acids is 2. The molecule has 1 aromatic rings. The van der Waals surface area contributed by atoms with Gasteiger partial charge in [-0.2, -0.15) is 11.8 Å². The van der Waals surface area contributed by atoms with Crippen molar-refractivity contribution in [3.05, 3.63) is 35.4 Å². The van der Waals surface area contributed by atoms with Crippen LogP contribution < -0.4 is 0 Å². The second-order valence-corrected chi connectivity index (χ2v) is 7.25. The Morgan fingerprint density at radius 3 is 2.81 bits per heavy atom. The SMILES string of the molecule is Cc1ccccc1CCCN1C(=O)CC2(CCSC2)C1=O. The van der Waals surface area contributed by atoms with Gasteiger partial charge >= 0.3 is 0 Å². The molecule has 0 aromatic heterocycles. The second-order valence-electron chi connectivity index (χ2n) is 6.14. The van der Waals surface area contributed by atoms with E-state index in [0.717, 1.165) is 30.8 Å². The van der Waals surface area contributed by atoms with Crippen LogP contribution in [0.1, 0.15) is 30.4 Å². The molecule has 1 aromatic carbocycles. The van der Waals surface area contributed by atoms with Crippen LogP contribution in [-0.2, 0) is 16.0 Å². The largest absolute Gasteiger partial charge is 0.282 e. The standard InChI is InChI=1S/C17H21NO2S/c1-13-5-2-3-6-14(13)7-4-9-18-15(19)11-17(16(18)20)8-10-21-12-17/h2-3,5-6H,4,7-12H2,1H3. The fourth-order valence-electron chi connectivity index (χ4n) is 3.32. The number of rotatable bonds is 4. The van der Waals surface area contributed by atoms with Crippen LogP contribution in [-0.4, -0.2) is 34.8 Å². The van der Waals surface area contributed by atoms with Crippen molar-refractivity contribution in [2.24, 2.45) is 5.41 Å². The molecule has 2 amide bonds. The van der Waals surface area contributed by atoms with Crippen LogP contribution in [0.5, 0.6) is 0 Å². The third-order valence-electron chi connectivity index (χ3n) is 4.68. The second kappa shape index (κ2) is 5.84. The van der Waals surface area contributed by atoms with E-state index in [-0.39, 0.29) is 17.2 Å². The minimum Gasteiger partial charge on any atom is -0.282 e. The van der Waals surface area contributed by atoms with Crippen molar-refractivity contribution in [1.29, 1.82) is 0 Å². The fraction of sp³-hybridized carbons (Fsp3) is 0.529. The molecule has 4 heteroatoms. The number of thioether (sulfide) groups is 1. The number of amides is 2. The Labute approximate surface area is 130 Å². The average molecular weight is 303 g/mol. The molecule has 112 valence electrons. The van der Waals surface area contributed by atoms with Gasteiger partial charge < -0.3 is 0 Å². The third kappa shape index (κ3) is 2.73. The maximum Gasteiger partial charge on any atom is 0.236 e. The van der Waals surface area contributed by atoms with E-state index in [2.05, 4.69) is 19.1 Å². The monoisotopic (exact) mass is 303 g/mol. The molecule has 2 aliphatic heterocycles. The van der Waals surface area contributed by atoms with Crippen LogP contribution in [0.4, 0.5) is 0 Å². The summed E-state index contributed by atoms with van der Waals surface area (Å²) in [4.78, 5) is 26.2. The summed E-state index contributed by atoms with van der Waals surface area (Å²) in [5.74, 6) is 1.96. The highest BCUT2D eigenvalue weighted by Gasteiger charge is 2.52. The lowest BCUT2D eigenvalue weighted by atomic mass is 9.86. The summed E-state index contributed by atoms with van der Waals surface area (Å²) in [6.45, 7) is 2.67. The summed E-state index contributed by atoms with van der Waals surface area (Å²) in [6, 6.07) is 8.30. The molecule has 0 N–H and O–H groups in total. The average Bonchev–Trinajstić information content (AvgIpc) is 3.02. The van der Waals surface area contributed by atoms with Gasteiger partial charge in [0.2, 0.25) is 11.8 Å². The summed E-state index contributed by atoms with van der Waals surface area (Å²) < 4.78 is 0. The normalized spacial score (nSPS) is 25.3. The van der Waals surface area contributed by atoms with Gasteiger partial charge in [0.25, 0.3) is 0 Å².